The number of halogens is 1. The lowest BCUT2D eigenvalue weighted by Gasteiger charge is -2.09. The van der Waals surface area contributed by atoms with Crippen LogP contribution in [-0.4, -0.2) is 24.7 Å². The van der Waals surface area contributed by atoms with Crippen LogP contribution in [-0.2, 0) is 6.54 Å². The molecule has 4 rings (SSSR count). The van der Waals surface area contributed by atoms with Crippen molar-refractivity contribution in [1.29, 1.82) is 0 Å². The van der Waals surface area contributed by atoms with Gasteiger partial charge in [0.1, 0.15) is 17.3 Å². The van der Waals surface area contributed by atoms with Crippen molar-refractivity contribution < 1.29 is 4.39 Å². The number of pyridine rings is 1. The van der Waals surface area contributed by atoms with Crippen molar-refractivity contribution in [3.8, 4) is 16.4 Å². The van der Waals surface area contributed by atoms with Crippen LogP contribution >= 0.6 is 11.3 Å². The smallest absolute Gasteiger partial charge is 0.206 e. The molecule has 6 nitrogen and oxygen atoms in total. The van der Waals surface area contributed by atoms with E-state index in [0.29, 0.717) is 17.4 Å². The topological polar surface area (TPSA) is 68.5 Å². The summed E-state index contributed by atoms with van der Waals surface area (Å²) in [6, 6.07) is 10.8. The fourth-order valence-corrected chi connectivity index (χ4v) is 3.27. The van der Waals surface area contributed by atoms with E-state index in [2.05, 4.69) is 25.5 Å². The summed E-state index contributed by atoms with van der Waals surface area (Å²) in [6.07, 6.45) is 5.11. The second-order valence-electron chi connectivity index (χ2n) is 5.61. The molecule has 0 aliphatic heterocycles. The van der Waals surface area contributed by atoms with Gasteiger partial charge >= 0.3 is 0 Å². The third-order valence-corrected chi connectivity index (χ3v) is 4.75. The minimum atomic E-state index is -0.295. The molecule has 4 aromatic rings. The largest absolute Gasteiger partial charge is 0.356 e. The van der Waals surface area contributed by atoms with Gasteiger partial charge in [0.15, 0.2) is 5.01 Å². The predicted molar refractivity (Wildman–Crippen MR) is 98.7 cm³/mol. The van der Waals surface area contributed by atoms with Crippen LogP contribution in [0.25, 0.3) is 16.4 Å². The Hall–Kier alpha value is -3.13. The van der Waals surface area contributed by atoms with E-state index in [1.54, 1.807) is 29.2 Å². The molecule has 8 heteroatoms. The van der Waals surface area contributed by atoms with Crippen molar-refractivity contribution in [2.75, 3.05) is 5.32 Å². The van der Waals surface area contributed by atoms with Gasteiger partial charge in [0.05, 0.1) is 5.69 Å². The zero-order valence-corrected chi connectivity index (χ0v) is 14.7. The number of anilines is 1. The Kier molecular flexibility index (Phi) is 4.40. The highest BCUT2D eigenvalue weighted by Crippen LogP contribution is 2.25. The summed E-state index contributed by atoms with van der Waals surface area (Å²) in [7, 11) is 0. The predicted octanol–water partition coefficient (Wildman–Crippen LogP) is 3.85. The second kappa shape index (κ2) is 7.01. The van der Waals surface area contributed by atoms with Crippen molar-refractivity contribution in [2.45, 2.75) is 13.5 Å². The molecule has 26 heavy (non-hydrogen) atoms. The maximum Gasteiger partial charge on any atom is 0.206 e. The van der Waals surface area contributed by atoms with Crippen LogP contribution < -0.4 is 5.32 Å². The van der Waals surface area contributed by atoms with Crippen molar-refractivity contribution in [3.63, 3.8) is 0 Å². The van der Waals surface area contributed by atoms with E-state index in [1.165, 1.54) is 17.4 Å². The lowest BCUT2D eigenvalue weighted by molar-refractivity contribution is 0.614. The highest BCUT2D eigenvalue weighted by Gasteiger charge is 2.10. The van der Waals surface area contributed by atoms with Crippen LogP contribution in [0.4, 0.5) is 9.52 Å². The van der Waals surface area contributed by atoms with Crippen LogP contribution in [0.3, 0.4) is 0 Å². The first kappa shape index (κ1) is 16.3. The molecule has 3 heterocycles. The Labute approximate surface area is 153 Å². The molecule has 0 atom stereocenters. The first-order valence-electron chi connectivity index (χ1n) is 7.98. The molecule has 0 saturated heterocycles. The Morgan fingerprint density at radius 3 is 2.77 bits per heavy atom. The molecule has 1 N–H and O–H groups in total. The highest BCUT2D eigenvalue weighted by molar-refractivity contribution is 7.18. The number of rotatable bonds is 5. The van der Waals surface area contributed by atoms with Crippen molar-refractivity contribution in [2.24, 2.45) is 0 Å². The molecular formula is C18H15FN6S. The minimum absolute atomic E-state index is 0.295. The molecule has 3 aromatic heterocycles. The number of aromatic nitrogens is 5. The highest BCUT2D eigenvalue weighted by atomic mass is 32.1. The molecule has 0 amide bonds. The van der Waals surface area contributed by atoms with Gasteiger partial charge in [-0.25, -0.2) is 9.37 Å². The number of nitrogens with zero attached hydrogens (tertiary/aromatic N) is 5. The van der Waals surface area contributed by atoms with E-state index in [0.717, 1.165) is 22.1 Å². The van der Waals surface area contributed by atoms with Gasteiger partial charge in [0, 0.05) is 25.1 Å². The fraction of sp³-hybridized carbons (Fsp3) is 0.111. The number of aryl methyl sites for hydroxylation is 1. The van der Waals surface area contributed by atoms with E-state index >= 15 is 0 Å². The maximum atomic E-state index is 14.4. The molecule has 130 valence electrons. The summed E-state index contributed by atoms with van der Waals surface area (Å²) in [5.41, 5.74) is 2.08. The summed E-state index contributed by atoms with van der Waals surface area (Å²) >= 11 is 1.41. The number of imidazole rings is 1. The third kappa shape index (κ3) is 3.31. The van der Waals surface area contributed by atoms with E-state index in [-0.39, 0.29) is 5.82 Å². The summed E-state index contributed by atoms with van der Waals surface area (Å²) in [5, 5.41) is 12.8. The molecule has 0 aliphatic rings. The maximum absolute atomic E-state index is 14.4. The average Bonchev–Trinajstić information content (AvgIpc) is 3.30. The quantitative estimate of drug-likeness (QED) is 0.581. The van der Waals surface area contributed by atoms with Gasteiger partial charge in [-0.15, -0.1) is 10.2 Å². The molecule has 0 radical (unpaired) electrons. The summed E-state index contributed by atoms with van der Waals surface area (Å²) in [4.78, 5) is 8.38. The first-order valence-corrected chi connectivity index (χ1v) is 8.80. The van der Waals surface area contributed by atoms with E-state index in [1.807, 2.05) is 31.2 Å². The zero-order valence-electron chi connectivity index (χ0n) is 13.9. The lowest BCUT2D eigenvalue weighted by atomic mass is 10.2. The summed E-state index contributed by atoms with van der Waals surface area (Å²) < 4.78 is 16.2. The van der Waals surface area contributed by atoms with Gasteiger partial charge in [-0.1, -0.05) is 23.5 Å². The zero-order chi connectivity index (χ0) is 17.9. The normalized spacial score (nSPS) is 10.8. The van der Waals surface area contributed by atoms with E-state index < -0.39 is 0 Å². The molecule has 0 aliphatic carbocycles. The average molecular weight is 366 g/mol. The SMILES string of the molecule is Cc1nccn1-c1ccc(CNc2nnc(-c3ccccn3)s2)cc1F. The van der Waals surface area contributed by atoms with Crippen LogP contribution in [0, 0.1) is 12.7 Å². The van der Waals surface area contributed by atoms with Crippen LogP contribution in [0.1, 0.15) is 11.4 Å². The Balaban J connectivity index is 1.46. The number of hydrogen-bond donors (Lipinski definition) is 1. The molecule has 0 spiro atoms. The second-order valence-corrected chi connectivity index (χ2v) is 6.59. The van der Waals surface area contributed by atoms with Gasteiger partial charge < -0.3 is 9.88 Å². The molecule has 0 fully saturated rings. The van der Waals surface area contributed by atoms with Gasteiger partial charge in [-0.05, 0) is 36.8 Å². The first-order chi connectivity index (χ1) is 12.7. The van der Waals surface area contributed by atoms with Crippen LogP contribution in [0.2, 0.25) is 0 Å². The van der Waals surface area contributed by atoms with Crippen molar-refractivity contribution in [1.82, 2.24) is 24.7 Å². The minimum Gasteiger partial charge on any atom is -0.356 e. The Bertz CT molecular complexity index is 1030. The van der Waals surface area contributed by atoms with Gasteiger partial charge in [-0.2, -0.15) is 0 Å². The van der Waals surface area contributed by atoms with Crippen LogP contribution in [0.5, 0.6) is 0 Å². The monoisotopic (exact) mass is 366 g/mol. The molecule has 0 saturated carbocycles. The van der Waals surface area contributed by atoms with Gasteiger partial charge in [0.25, 0.3) is 0 Å². The molecular weight excluding hydrogens is 351 g/mol. The fourth-order valence-electron chi connectivity index (χ4n) is 2.55. The van der Waals surface area contributed by atoms with Crippen molar-refractivity contribution in [3.05, 3.63) is 72.2 Å². The number of nitrogens with one attached hydrogen (secondary N) is 1. The summed E-state index contributed by atoms with van der Waals surface area (Å²) in [5.74, 6) is 0.447. The van der Waals surface area contributed by atoms with Gasteiger partial charge in [0.2, 0.25) is 5.13 Å². The van der Waals surface area contributed by atoms with E-state index in [9.17, 15) is 4.39 Å². The van der Waals surface area contributed by atoms with Crippen molar-refractivity contribution >= 4 is 16.5 Å². The van der Waals surface area contributed by atoms with Crippen LogP contribution in [0.15, 0.2) is 55.0 Å². The summed E-state index contributed by atoms with van der Waals surface area (Å²) in [6.45, 7) is 2.29. The Morgan fingerprint density at radius 2 is 2.04 bits per heavy atom. The lowest BCUT2D eigenvalue weighted by Crippen LogP contribution is -2.03. The Morgan fingerprint density at radius 1 is 1.12 bits per heavy atom. The molecule has 0 bridgehead atoms. The number of benzene rings is 1. The standard InChI is InChI=1S/C18H15FN6S/c1-12-20-8-9-25(12)16-6-5-13(10-14(16)19)11-22-18-24-23-17(26-18)15-4-2-3-7-21-15/h2-10H,11H2,1H3,(H,22,24). The van der Waals surface area contributed by atoms with Gasteiger partial charge in [-0.3, -0.25) is 4.98 Å². The number of hydrogen-bond acceptors (Lipinski definition) is 6. The molecule has 0 unspecified atom stereocenters. The molecule has 1 aromatic carbocycles. The van der Waals surface area contributed by atoms with E-state index in [4.69, 9.17) is 0 Å². The third-order valence-electron chi connectivity index (χ3n) is 3.85.